The maximum Gasteiger partial charge on any atom is 0.128 e. The fourth-order valence-electron chi connectivity index (χ4n) is 3.93. The SMILES string of the molecule is Cc1cc(C)c(C2(C3CC3)CCCCCN2)c(F)c1. The van der Waals surface area contributed by atoms with Gasteiger partial charge in [-0.2, -0.15) is 0 Å². The first-order valence-electron chi connectivity index (χ1n) is 7.66. The molecule has 1 atom stereocenters. The van der Waals surface area contributed by atoms with Crippen molar-refractivity contribution in [2.24, 2.45) is 5.92 Å². The topological polar surface area (TPSA) is 12.0 Å². The predicted octanol–water partition coefficient (Wildman–Crippen LogP) is 4.21. The zero-order valence-corrected chi connectivity index (χ0v) is 12.1. The van der Waals surface area contributed by atoms with Crippen LogP contribution < -0.4 is 5.32 Å². The van der Waals surface area contributed by atoms with E-state index in [-0.39, 0.29) is 11.4 Å². The van der Waals surface area contributed by atoms with E-state index in [2.05, 4.69) is 18.3 Å². The summed E-state index contributed by atoms with van der Waals surface area (Å²) in [6.45, 7) is 5.08. The van der Waals surface area contributed by atoms with Crippen LogP contribution in [0.1, 0.15) is 55.2 Å². The lowest BCUT2D eigenvalue weighted by Gasteiger charge is -2.36. The van der Waals surface area contributed by atoms with Crippen LogP contribution in [0.15, 0.2) is 12.1 Å². The van der Waals surface area contributed by atoms with Gasteiger partial charge >= 0.3 is 0 Å². The molecule has 0 amide bonds. The van der Waals surface area contributed by atoms with Gasteiger partial charge in [-0.05, 0) is 69.2 Å². The van der Waals surface area contributed by atoms with Gasteiger partial charge < -0.3 is 5.32 Å². The molecule has 1 aliphatic heterocycles. The Morgan fingerprint density at radius 3 is 2.63 bits per heavy atom. The average Bonchev–Trinajstić information content (AvgIpc) is 3.15. The fraction of sp³-hybridized carbons (Fsp3) is 0.647. The van der Waals surface area contributed by atoms with Crippen LogP contribution in [0.2, 0.25) is 0 Å². The van der Waals surface area contributed by atoms with Crippen molar-refractivity contribution in [1.29, 1.82) is 0 Å². The summed E-state index contributed by atoms with van der Waals surface area (Å²) in [5.41, 5.74) is 3.03. The second-order valence-corrected chi connectivity index (χ2v) is 6.42. The lowest BCUT2D eigenvalue weighted by atomic mass is 9.78. The molecule has 1 unspecified atom stereocenters. The van der Waals surface area contributed by atoms with Crippen molar-refractivity contribution in [3.63, 3.8) is 0 Å². The van der Waals surface area contributed by atoms with Crippen LogP contribution in [-0.4, -0.2) is 6.54 Å². The third kappa shape index (κ3) is 2.31. The molecule has 0 spiro atoms. The van der Waals surface area contributed by atoms with E-state index in [0.29, 0.717) is 5.92 Å². The van der Waals surface area contributed by atoms with E-state index in [0.717, 1.165) is 29.7 Å². The molecule has 0 aromatic heterocycles. The zero-order chi connectivity index (χ0) is 13.5. The summed E-state index contributed by atoms with van der Waals surface area (Å²) >= 11 is 0. The molecule has 1 heterocycles. The maximum atomic E-state index is 14.6. The highest BCUT2D eigenvalue weighted by atomic mass is 19.1. The molecule has 1 aromatic rings. The van der Waals surface area contributed by atoms with Gasteiger partial charge in [0.2, 0.25) is 0 Å². The summed E-state index contributed by atoms with van der Waals surface area (Å²) < 4.78 is 14.6. The van der Waals surface area contributed by atoms with Gasteiger partial charge in [-0.3, -0.25) is 0 Å². The Hall–Kier alpha value is -0.890. The molecule has 1 saturated heterocycles. The van der Waals surface area contributed by atoms with Gasteiger partial charge in [-0.1, -0.05) is 18.9 Å². The molecule has 0 radical (unpaired) electrons. The van der Waals surface area contributed by atoms with Crippen LogP contribution in [0.3, 0.4) is 0 Å². The highest BCUT2D eigenvalue weighted by Crippen LogP contribution is 2.50. The predicted molar refractivity (Wildman–Crippen MR) is 76.7 cm³/mol. The van der Waals surface area contributed by atoms with E-state index in [4.69, 9.17) is 0 Å². The normalized spacial score (nSPS) is 28.2. The van der Waals surface area contributed by atoms with Gasteiger partial charge in [-0.25, -0.2) is 4.39 Å². The molecule has 1 aromatic carbocycles. The van der Waals surface area contributed by atoms with Gasteiger partial charge in [0, 0.05) is 11.1 Å². The first kappa shape index (κ1) is 13.1. The number of benzene rings is 1. The Morgan fingerprint density at radius 2 is 1.95 bits per heavy atom. The molecule has 1 aliphatic carbocycles. The van der Waals surface area contributed by atoms with Gasteiger partial charge in [0.05, 0.1) is 0 Å². The van der Waals surface area contributed by atoms with Crippen LogP contribution in [-0.2, 0) is 5.54 Å². The molecule has 1 saturated carbocycles. The van der Waals surface area contributed by atoms with E-state index in [1.165, 1.54) is 32.1 Å². The second kappa shape index (κ2) is 4.90. The maximum absolute atomic E-state index is 14.6. The lowest BCUT2D eigenvalue weighted by Crippen LogP contribution is -2.45. The summed E-state index contributed by atoms with van der Waals surface area (Å²) in [6, 6.07) is 3.84. The monoisotopic (exact) mass is 261 g/mol. The van der Waals surface area contributed by atoms with E-state index in [9.17, 15) is 4.39 Å². The van der Waals surface area contributed by atoms with Crippen molar-refractivity contribution in [2.75, 3.05) is 6.54 Å². The summed E-state index contributed by atoms with van der Waals surface area (Å²) in [6.07, 6.45) is 7.31. The largest absolute Gasteiger partial charge is 0.307 e. The molecular formula is C17H24FN. The quantitative estimate of drug-likeness (QED) is 0.841. The van der Waals surface area contributed by atoms with Crippen molar-refractivity contribution in [1.82, 2.24) is 5.32 Å². The molecule has 2 heteroatoms. The molecule has 3 rings (SSSR count). The Labute approximate surface area is 115 Å². The smallest absolute Gasteiger partial charge is 0.128 e. The Balaban J connectivity index is 2.09. The minimum absolute atomic E-state index is 0.00111. The Morgan fingerprint density at radius 1 is 1.16 bits per heavy atom. The molecule has 1 N–H and O–H groups in total. The zero-order valence-electron chi connectivity index (χ0n) is 12.1. The molecule has 1 nitrogen and oxygen atoms in total. The number of hydrogen-bond donors (Lipinski definition) is 1. The van der Waals surface area contributed by atoms with Crippen LogP contribution in [0, 0.1) is 25.6 Å². The Bertz CT molecular complexity index is 445. The fourth-order valence-corrected chi connectivity index (χ4v) is 3.93. The van der Waals surface area contributed by atoms with E-state index < -0.39 is 0 Å². The standard InChI is InChI=1S/C17H24FN/c1-12-10-13(2)16(15(18)11-12)17(14-6-7-14)8-4-3-5-9-19-17/h10-11,14,19H,3-9H2,1-2H3. The first-order valence-corrected chi connectivity index (χ1v) is 7.66. The number of rotatable bonds is 2. The first-order chi connectivity index (χ1) is 9.13. The minimum Gasteiger partial charge on any atom is -0.307 e. The van der Waals surface area contributed by atoms with Crippen LogP contribution in [0.5, 0.6) is 0 Å². The van der Waals surface area contributed by atoms with Crippen molar-refractivity contribution >= 4 is 0 Å². The van der Waals surface area contributed by atoms with E-state index in [1.807, 2.05) is 6.92 Å². The van der Waals surface area contributed by atoms with Crippen molar-refractivity contribution in [2.45, 2.75) is 57.9 Å². The summed E-state index contributed by atoms with van der Waals surface area (Å²) in [4.78, 5) is 0. The highest BCUT2D eigenvalue weighted by Gasteiger charge is 2.48. The summed E-state index contributed by atoms with van der Waals surface area (Å²) in [7, 11) is 0. The summed E-state index contributed by atoms with van der Waals surface area (Å²) in [5.74, 6) is 0.639. The van der Waals surface area contributed by atoms with Crippen molar-refractivity contribution in [3.8, 4) is 0 Å². The van der Waals surface area contributed by atoms with Gasteiger partial charge in [0.1, 0.15) is 5.82 Å². The Kier molecular flexibility index (Phi) is 3.38. The van der Waals surface area contributed by atoms with Gasteiger partial charge in [0.15, 0.2) is 0 Å². The highest BCUT2D eigenvalue weighted by molar-refractivity contribution is 5.39. The average molecular weight is 261 g/mol. The van der Waals surface area contributed by atoms with Crippen molar-refractivity contribution < 1.29 is 4.39 Å². The van der Waals surface area contributed by atoms with E-state index in [1.54, 1.807) is 6.07 Å². The lowest BCUT2D eigenvalue weighted by molar-refractivity contribution is 0.267. The van der Waals surface area contributed by atoms with Crippen molar-refractivity contribution in [3.05, 3.63) is 34.6 Å². The molecular weight excluding hydrogens is 237 g/mol. The number of nitrogens with one attached hydrogen (secondary N) is 1. The van der Waals surface area contributed by atoms with Crippen LogP contribution >= 0.6 is 0 Å². The summed E-state index contributed by atoms with van der Waals surface area (Å²) in [5, 5.41) is 3.73. The van der Waals surface area contributed by atoms with Gasteiger partial charge in [-0.15, -0.1) is 0 Å². The molecule has 2 fully saturated rings. The minimum atomic E-state index is -0.0850. The van der Waals surface area contributed by atoms with Crippen LogP contribution in [0.4, 0.5) is 4.39 Å². The molecule has 2 aliphatic rings. The number of hydrogen-bond acceptors (Lipinski definition) is 1. The number of aryl methyl sites for hydroxylation is 2. The van der Waals surface area contributed by atoms with Gasteiger partial charge in [0.25, 0.3) is 0 Å². The van der Waals surface area contributed by atoms with E-state index >= 15 is 0 Å². The van der Waals surface area contributed by atoms with Crippen LogP contribution in [0.25, 0.3) is 0 Å². The molecule has 104 valence electrons. The molecule has 19 heavy (non-hydrogen) atoms. The molecule has 0 bridgehead atoms. The third-order valence-corrected chi connectivity index (χ3v) is 4.84. The third-order valence-electron chi connectivity index (χ3n) is 4.84. The number of halogens is 1. The second-order valence-electron chi connectivity index (χ2n) is 6.42.